The van der Waals surface area contributed by atoms with Crippen molar-refractivity contribution in [1.29, 1.82) is 0 Å². The molecule has 1 atom stereocenters. The standard InChI is InChI=1S/C19H16ClNO4/c20-14-8-6-12(7-9-14)16-15(17(23)13-4-2-1-3-5-13)18(24)19(25)21(16)10-11-22/h1-9,16,22-23H,10-11H2/b17-15+/t16-/m0/s1. The number of nitrogens with zero attached hydrogens (tertiary/aromatic N) is 1. The molecule has 1 fully saturated rings. The molecule has 1 aliphatic heterocycles. The van der Waals surface area contributed by atoms with E-state index >= 15 is 0 Å². The van der Waals surface area contributed by atoms with E-state index in [1.54, 1.807) is 54.6 Å². The Balaban J connectivity index is 2.18. The Labute approximate surface area is 149 Å². The average molecular weight is 358 g/mol. The molecule has 2 aromatic rings. The fourth-order valence-electron chi connectivity index (χ4n) is 2.96. The molecular weight excluding hydrogens is 342 g/mol. The average Bonchev–Trinajstić information content (AvgIpc) is 2.88. The molecule has 0 aliphatic carbocycles. The van der Waals surface area contributed by atoms with Crippen molar-refractivity contribution in [3.63, 3.8) is 0 Å². The number of Topliss-reactive ketones (excluding diaryl/α,β-unsaturated/α-hetero) is 1. The number of aliphatic hydroxyl groups excluding tert-OH is 2. The topological polar surface area (TPSA) is 77.8 Å². The number of β-amino-alcohol motifs (C(OH)–C–C–N with tert-alkyl or cyclic N) is 1. The molecule has 0 unspecified atom stereocenters. The number of carbonyl (C=O) groups is 2. The first-order valence-electron chi connectivity index (χ1n) is 7.74. The van der Waals surface area contributed by atoms with Crippen molar-refractivity contribution >= 4 is 29.1 Å². The Bertz CT molecular complexity index is 830. The molecule has 1 amide bonds. The molecule has 5 nitrogen and oxygen atoms in total. The lowest BCUT2D eigenvalue weighted by Crippen LogP contribution is -2.32. The zero-order valence-corrected chi connectivity index (χ0v) is 14.0. The molecule has 6 heteroatoms. The first kappa shape index (κ1) is 17.2. The Morgan fingerprint density at radius 1 is 1.04 bits per heavy atom. The predicted octanol–water partition coefficient (Wildman–Crippen LogP) is 2.75. The number of hydrogen-bond acceptors (Lipinski definition) is 4. The van der Waals surface area contributed by atoms with E-state index in [9.17, 15) is 19.8 Å². The number of rotatable bonds is 4. The second kappa shape index (κ2) is 7.09. The maximum atomic E-state index is 12.5. The van der Waals surface area contributed by atoms with Gasteiger partial charge < -0.3 is 15.1 Å². The summed E-state index contributed by atoms with van der Waals surface area (Å²) >= 11 is 5.92. The third-order valence-corrected chi connectivity index (χ3v) is 4.37. The summed E-state index contributed by atoms with van der Waals surface area (Å²) in [7, 11) is 0. The van der Waals surface area contributed by atoms with Gasteiger partial charge in [-0.1, -0.05) is 54.1 Å². The molecule has 2 aromatic carbocycles. The van der Waals surface area contributed by atoms with Crippen molar-refractivity contribution in [2.45, 2.75) is 6.04 Å². The summed E-state index contributed by atoms with van der Waals surface area (Å²) in [6.45, 7) is -0.300. The number of hydrogen-bond donors (Lipinski definition) is 2. The van der Waals surface area contributed by atoms with Crippen LogP contribution in [0.25, 0.3) is 5.76 Å². The van der Waals surface area contributed by atoms with Crippen LogP contribution >= 0.6 is 11.6 Å². The largest absolute Gasteiger partial charge is 0.507 e. The number of halogens is 1. The van der Waals surface area contributed by atoms with Crippen LogP contribution in [-0.4, -0.2) is 40.0 Å². The number of aliphatic hydroxyl groups is 2. The molecular formula is C19H16ClNO4. The fraction of sp³-hybridized carbons (Fsp3) is 0.158. The summed E-state index contributed by atoms with van der Waals surface area (Å²) in [5.74, 6) is -1.75. The third-order valence-electron chi connectivity index (χ3n) is 4.11. The maximum absolute atomic E-state index is 12.5. The van der Waals surface area contributed by atoms with E-state index in [0.29, 0.717) is 16.1 Å². The highest BCUT2D eigenvalue weighted by molar-refractivity contribution is 6.46. The van der Waals surface area contributed by atoms with Crippen molar-refractivity contribution < 1.29 is 19.8 Å². The summed E-state index contributed by atoms with van der Waals surface area (Å²) in [6, 6.07) is 14.5. The summed E-state index contributed by atoms with van der Waals surface area (Å²) in [4.78, 5) is 26.2. The van der Waals surface area contributed by atoms with Gasteiger partial charge in [0.15, 0.2) is 0 Å². The molecule has 1 saturated heterocycles. The van der Waals surface area contributed by atoms with E-state index in [2.05, 4.69) is 0 Å². The Kier molecular flexibility index (Phi) is 4.88. The molecule has 3 rings (SSSR count). The van der Waals surface area contributed by atoms with Gasteiger partial charge in [0.05, 0.1) is 18.2 Å². The Morgan fingerprint density at radius 2 is 1.68 bits per heavy atom. The van der Waals surface area contributed by atoms with Crippen LogP contribution in [0.5, 0.6) is 0 Å². The third kappa shape index (κ3) is 3.16. The van der Waals surface area contributed by atoms with E-state index < -0.39 is 17.7 Å². The van der Waals surface area contributed by atoms with Gasteiger partial charge in [-0.15, -0.1) is 0 Å². The first-order valence-corrected chi connectivity index (χ1v) is 8.12. The summed E-state index contributed by atoms with van der Waals surface area (Å²) in [5.41, 5.74) is 1.09. The van der Waals surface area contributed by atoms with Crippen LogP contribution in [0.3, 0.4) is 0 Å². The van der Waals surface area contributed by atoms with Crippen molar-refractivity contribution in [3.8, 4) is 0 Å². The van der Waals surface area contributed by atoms with E-state index in [4.69, 9.17) is 11.6 Å². The first-order chi connectivity index (χ1) is 12.0. The van der Waals surface area contributed by atoms with Crippen molar-refractivity contribution in [2.24, 2.45) is 0 Å². The minimum Gasteiger partial charge on any atom is -0.507 e. The van der Waals surface area contributed by atoms with Crippen molar-refractivity contribution in [2.75, 3.05) is 13.2 Å². The highest BCUT2D eigenvalue weighted by atomic mass is 35.5. The quantitative estimate of drug-likeness (QED) is 0.501. The molecule has 2 N–H and O–H groups in total. The maximum Gasteiger partial charge on any atom is 0.295 e. The second-order valence-electron chi connectivity index (χ2n) is 5.63. The second-order valence-corrected chi connectivity index (χ2v) is 6.07. The Morgan fingerprint density at radius 3 is 2.28 bits per heavy atom. The van der Waals surface area contributed by atoms with Crippen LogP contribution < -0.4 is 0 Å². The highest BCUT2D eigenvalue weighted by Crippen LogP contribution is 2.39. The number of likely N-dealkylation sites (tertiary alicyclic amines) is 1. The van der Waals surface area contributed by atoms with Gasteiger partial charge >= 0.3 is 0 Å². The summed E-state index contributed by atoms with van der Waals surface area (Å²) < 4.78 is 0. The lowest BCUT2D eigenvalue weighted by Gasteiger charge is -2.24. The molecule has 0 aromatic heterocycles. The predicted molar refractivity (Wildman–Crippen MR) is 94.0 cm³/mol. The summed E-state index contributed by atoms with van der Waals surface area (Å²) in [5, 5.41) is 20.5. The van der Waals surface area contributed by atoms with E-state index in [1.165, 1.54) is 4.90 Å². The van der Waals surface area contributed by atoms with Gasteiger partial charge in [-0.3, -0.25) is 9.59 Å². The molecule has 0 saturated carbocycles. The summed E-state index contributed by atoms with van der Waals surface area (Å²) in [6.07, 6.45) is 0. The van der Waals surface area contributed by atoms with E-state index in [1.807, 2.05) is 0 Å². The monoisotopic (exact) mass is 357 g/mol. The SMILES string of the molecule is O=C1C(=O)N(CCO)[C@@H](c2ccc(Cl)cc2)/C1=C(\O)c1ccccc1. The fourth-order valence-corrected chi connectivity index (χ4v) is 3.09. The van der Waals surface area contributed by atoms with Crippen molar-refractivity contribution in [1.82, 2.24) is 4.90 Å². The van der Waals surface area contributed by atoms with Crippen molar-refractivity contribution in [3.05, 3.63) is 76.3 Å². The smallest absolute Gasteiger partial charge is 0.295 e. The Hall–Kier alpha value is -2.63. The van der Waals surface area contributed by atoms with Gasteiger partial charge in [0.25, 0.3) is 11.7 Å². The number of carbonyl (C=O) groups excluding carboxylic acids is 2. The van der Waals surface area contributed by atoms with Gasteiger partial charge in [-0.25, -0.2) is 0 Å². The van der Waals surface area contributed by atoms with Crippen LogP contribution in [0.4, 0.5) is 0 Å². The zero-order valence-electron chi connectivity index (χ0n) is 13.2. The van der Waals surface area contributed by atoms with Crippen LogP contribution in [-0.2, 0) is 9.59 Å². The van der Waals surface area contributed by atoms with Gasteiger partial charge in [-0.2, -0.15) is 0 Å². The molecule has 1 heterocycles. The van der Waals surface area contributed by atoms with E-state index in [-0.39, 0.29) is 24.5 Å². The van der Waals surface area contributed by atoms with Gasteiger partial charge in [-0.05, 0) is 17.7 Å². The van der Waals surface area contributed by atoms with Crippen LogP contribution in [0.1, 0.15) is 17.2 Å². The van der Waals surface area contributed by atoms with Gasteiger partial charge in [0.1, 0.15) is 5.76 Å². The lowest BCUT2D eigenvalue weighted by molar-refractivity contribution is -0.140. The molecule has 128 valence electrons. The van der Waals surface area contributed by atoms with Gasteiger partial charge in [0, 0.05) is 17.1 Å². The molecule has 1 aliphatic rings. The van der Waals surface area contributed by atoms with Crippen LogP contribution in [0, 0.1) is 0 Å². The van der Waals surface area contributed by atoms with Crippen LogP contribution in [0.15, 0.2) is 60.2 Å². The van der Waals surface area contributed by atoms with Gasteiger partial charge in [0.2, 0.25) is 0 Å². The number of amides is 1. The number of ketones is 1. The zero-order chi connectivity index (χ0) is 18.0. The minimum atomic E-state index is -0.773. The normalized spacial score (nSPS) is 19.4. The highest BCUT2D eigenvalue weighted by Gasteiger charge is 2.45. The molecule has 0 radical (unpaired) electrons. The lowest BCUT2D eigenvalue weighted by atomic mass is 9.95. The molecule has 0 spiro atoms. The number of benzene rings is 2. The van der Waals surface area contributed by atoms with E-state index in [0.717, 1.165) is 0 Å². The molecule has 25 heavy (non-hydrogen) atoms. The minimum absolute atomic E-state index is 0.00646. The molecule has 0 bridgehead atoms. The van der Waals surface area contributed by atoms with Crippen LogP contribution in [0.2, 0.25) is 5.02 Å².